The number of aromatic nitrogens is 3. The summed E-state index contributed by atoms with van der Waals surface area (Å²) in [7, 11) is 0. The predicted molar refractivity (Wildman–Crippen MR) is 128 cm³/mol. The first-order valence-corrected chi connectivity index (χ1v) is 11.8. The number of urea groups is 1. The number of carbonyl (C=O) groups is 5. The molecule has 13 nitrogen and oxygen atoms in total. The van der Waals surface area contributed by atoms with E-state index in [-0.39, 0.29) is 36.0 Å². The van der Waals surface area contributed by atoms with Crippen LogP contribution in [0.15, 0.2) is 24.4 Å². The standard InChI is InChI=1S/C23H28N8O5/c1-13(2)30-12-17(28-29-30)26-23(36)25-11-4-3-10-24-15-7-5-6-14-19(15)22(35)31(21(14)34)16-8-9-18(32)27-20(16)33/h5-7,12-13,16,24H,3-4,8-11H2,1-2H3,(H2,25,26,36)(H,27,32,33). The van der Waals surface area contributed by atoms with E-state index in [0.29, 0.717) is 37.4 Å². The van der Waals surface area contributed by atoms with E-state index in [9.17, 15) is 24.0 Å². The normalized spacial score (nSPS) is 17.3. The van der Waals surface area contributed by atoms with Crippen LogP contribution in [0.3, 0.4) is 0 Å². The molecule has 0 spiro atoms. The Kier molecular flexibility index (Phi) is 7.27. The van der Waals surface area contributed by atoms with Gasteiger partial charge in [0.15, 0.2) is 5.82 Å². The topological polar surface area (TPSA) is 167 Å². The van der Waals surface area contributed by atoms with Gasteiger partial charge in [-0.05, 0) is 45.2 Å². The zero-order chi connectivity index (χ0) is 25.8. The molecule has 1 aromatic heterocycles. The van der Waals surface area contributed by atoms with Crippen molar-refractivity contribution >= 4 is 41.2 Å². The molecular formula is C23H28N8O5. The highest BCUT2D eigenvalue weighted by atomic mass is 16.2. The summed E-state index contributed by atoms with van der Waals surface area (Å²) in [6.07, 6.45) is 3.18. The molecule has 2 aromatic rings. The van der Waals surface area contributed by atoms with Gasteiger partial charge in [-0.2, -0.15) is 0 Å². The van der Waals surface area contributed by atoms with Gasteiger partial charge >= 0.3 is 6.03 Å². The van der Waals surface area contributed by atoms with Crippen molar-refractivity contribution in [3.05, 3.63) is 35.5 Å². The van der Waals surface area contributed by atoms with Crippen LogP contribution in [0.4, 0.5) is 16.3 Å². The number of rotatable bonds is 9. The van der Waals surface area contributed by atoms with E-state index >= 15 is 0 Å². The highest BCUT2D eigenvalue weighted by molar-refractivity contribution is 6.25. The summed E-state index contributed by atoms with van der Waals surface area (Å²) in [4.78, 5) is 62.6. The summed E-state index contributed by atoms with van der Waals surface area (Å²) in [5.41, 5.74) is 0.946. The predicted octanol–water partition coefficient (Wildman–Crippen LogP) is 1.27. The van der Waals surface area contributed by atoms with Crippen molar-refractivity contribution in [3.8, 4) is 0 Å². The van der Waals surface area contributed by atoms with Gasteiger partial charge in [0.05, 0.1) is 17.3 Å². The number of nitrogens with one attached hydrogen (secondary N) is 4. The third-order valence-corrected chi connectivity index (χ3v) is 5.95. The fourth-order valence-corrected chi connectivity index (χ4v) is 4.08. The fraction of sp³-hybridized carbons (Fsp3) is 0.435. The minimum absolute atomic E-state index is 0.0685. The Hall–Kier alpha value is -4.29. The zero-order valence-corrected chi connectivity index (χ0v) is 20.0. The second-order valence-corrected chi connectivity index (χ2v) is 8.87. The van der Waals surface area contributed by atoms with E-state index in [2.05, 4.69) is 31.6 Å². The fourth-order valence-electron chi connectivity index (χ4n) is 4.08. The Morgan fingerprint density at radius 2 is 1.92 bits per heavy atom. The maximum atomic E-state index is 13.1. The Balaban J connectivity index is 1.25. The van der Waals surface area contributed by atoms with E-state index in [4.69, 9.17) is 0 Å². The van der Waals surface area contributed by atoms with Crippen molar-refractivity contribution in [1.29, 1.82) is 0 Å². The molecule has 1 atom stereocenters. The molecule has 0 radical (unpaired) electrons. The minimum atomic E-state index is -1.00. The number of hydrogen-bond donors (Lipinski definition) is 4. The third-order valence-electron chi connectivity index (χ3n) is 5.95. The van der Waals surface area contributed by atoms with Gasteiger partial charge < -0.3 is 10.6 Å². The van der Waals surface area contributed by atoms with Gasteiger partial charge in [-0.3, -0.25) is 34.7 Å². The molecule has 4 rings (SSSR count). The Morgan fingerprint density at radius 1 is 1.14 bits per heavy atom. The molecule has 13 heteroatoms. The molecule has 190 valence electrons. The molecule has 4 N–H and O–H groups in total. The molecule has 2 aliphatic heterocycles. The lowest BCUT2D eigenvalue weighted by Crippen LogP contribution is -2.54. The number of piperidine rings is 1. The number of unbranched alkanes of at least 4 members (excludes halogenated alkanes) is 1. The van der Waals surface area contributed by atoms with Crippen molar-refractivity contribution in [2.24, 2.45) is 0 Å². The second kappa shape index (κ2) is 10.5. The summed E-state index contributed by atoms with van der Waals surface area (Å²) >= 11 is 0. The van der Waals surface area contributed by atoms with Gasteiger partial charge in [0.1, 0.15) is 6.04 Å². The van der Waals surface area contributed by atoms with Gasteiger partial charge in [0.25, 0.3) is 11.8 Å². The molecule has 1 unspecified atom stereocenters. The minimum Gasteiger partial charge on any atom is -0.384 e. The lowest BCUT2D eigenvalue weighted by Gasteiger charge is -2.27. The summed E-state index contributed by atoms with van der Waals surface area (Å²) < 4.78 is 1.64. The molecule has 0 aliphatic carbocycles. The van der Waals surface area contributed by atoms with Crippen LogP contribution in [0.5, 0.6) is 0 Å². The average molecular weight is 497 g/mol. The number of amides is 6. The Labute approximate surface area is 207 Å². The van der Waals surface area contributed by atoms with Crippen LogP contribution < -0.4 is 21.3 Å². The SMILES string of the molecule is CC(C)n1cc(NC(=O)NCCCCNc2cccc3c2C(=O)N(C2CCC(=O)NC2=O)C3=O)nn1. The van der Waals surface area contributed by atoms with Crippen LogP contribution in [0.2, 0.25) is 0 Å². The first-order chi connectivity index (χ1) is 17.3. The quantitative estimate of drug-likeness (QED) is 0.297. The van der Waals surface area contributed by atoms with E-state index in [0.717, 1.165) is 4.90 Å². The van der Waals surface area contributed by atoms with Crippen LogP contribution >= 0.6 is 0 Å². The maximum absolute atomic E-state index is 13.1. The molecular weight excluding hydrogens is 468 g/mol. The molecule has 0 saturated carbocycles. The number of benzene rings is 1. The number of fused-ring (bicyclic) bond motifs is 1. The number of hydrogen-bond acceptors (Lipinski definition) is 8. The van der Waals surface area contributed by atoms with E-state index < -0.39 is 29.7 Å². The van der Waals surface area contributed by atoms with Crippen molar-refractivity contribution in [3.63, 3.8) is 0 Å². The molecule has 1 fully saturated rings. The summed E-state index contributed by atoms with van der Waals surface area (Å²) in [6, 6.07) is 3.68. The van der Waals surface area contributed by atoms with Crippen molar-refractivity contribution in [2.45, 2.75) is 51.6 Å². The van der Waals surface area contributed by atoms with Crippen molar-refractivity contribution in [1.82, 2.24) is 30.5 Å². The van der Waals surface area contributed by atoms with Crippen LogP contribution in [0.1, 0.15) is 66.3 Å². The van der Waals surface area contributed by atoms with E-state index in [1.807, 2.05) is 13.8 Å². The van der Waals surface area contributed by atoms with Crippen LogP contribution in [-0.4, -0.2) is 68.7 Å². The lowest BCUT2D eigenvalue weighted by atomic mass is 10.0. The van der Waals surface area contributed by atoms with Crippen LogP contribution in [0, 0.1) is 0 Å². The van der Waals surface area contributed by atoms with E-state index in [1.165, 1.54) is 0 Å². The smallest absolute Gasteiger partial charge is 0.320 e. The lowest BCUT2D eigenvalue weighted by molar-refractivity contribution is -0.136. The molecule has 36 heavy (non-hydrogen) atoms. The van der Waals surface area contributed by atoms with Crippen LogP contribution in [-0.2, 0) is 9.59 Å². The van der Waals surface area contributed by atoms with Crippen molar-refractivity contribution in [2.75, 3.05) is 23.7 Å². The summed E-state index contributed by atoms with van der Waals surface area (Å²) in [5, 5.41) is 18.6. The van der Waals surface area contributed by atoms with Gasteiger partial charge in [-0.15, -0.1) is 5.10 Å². The van der Waals surface area contributed by atoms with Gasteiger partial charge in [-0.1, -0.05) is 11.3 Å². The molecule has 3 heterocycles. The number of nitrogens with zero attached hydrogens (tertiary/aromatic N) is 4. The number of imide groups is 2. The molecule has 1 saturated heterocycles. The highest BCUT2D eigenvalue weighted by Crippen LogP contribution is 2.32. The van der Waals surface area contributed by atoms with Crippen LogP contribution in [0.25, 0.3) is 0 Å². The first kappa shape index (κ1) is 24.8. The monoisotopic (exact) mass is 496 g/mol. The van der Waals surface area contributed by atoms with E-state index in [1.54, 1.807) is 29.1 Å². The zero-order valence-electron chi connectivity index (χ0n) is 20.0. The third kappa shape index (κ3) is 5.19. The highest BCUT2D eigenvalue weighted by Gasteiger charge is 2.45. The summed E-state index contributed by atoms with van der Waals surface area (Å²) in [5.74, 6) is -1.79. The second-order valence-electron chi connectivity index (χ2n) is 8.87. The molecule has 1 aromatic carbocycles. The Morgan fingerprint density at radius 3 is 2.64 bits per heavy atom. The molecule has 2 aliphatic rings. The molecule has 0 bridgehead atoms. The summed E-state index contributed by atoms with van der Waals surface area (Å²) in [6.45, 7) is 4.85. The maximum Gasteiger partial charge on any atom is 0.320 e. The van der Waals surface area contributed by atoms with Gasteiger partial charge in [-0.25, -0.2) is 9.48 Å². The van der Waals surface area contributed by atoms with Crippen molar-refractivity contribution < 1.29 is 24.0 Å². The average Bonchev–Trinajstić information content (AvgIpc) is 3.40. The first-order valence-electron chi connectivity index (χ1n) is 11.8. The Bertz CT molecular complexity index is 1210. The number of anilines is 2. The largest absolute Gasteiger partial charge is 0.384 e. The van der Waals surface area contributed by atoms with Gasteiger partial charge in [0, 0.05) is 31.2 Å². The van der Waals surface area contributed by atoms with Gasteiger partial charge in [0.2, 0.25) is 11.8 Å². The number of carbonyl (C=O) groups excluding carboxylic acids is 5. The molecule has 6 amide bonds.